The Bertz CT molecular complexity index is 439. The Morgan fingerprint density at radius 3 is 2.29 bits per heavy atom. The number of rotatable bonds is 6. The number of sulfone groups is 1. The molecule has 0 amide bonds. The van der Waals surface area contributed by atoms with E-state index >= 15 is 0 Å². The van der Waals surface area contributed by atoms with Crippen LogP contribution < -0.4 is 4.90 Å². The Hall–Kier alpha value is -1.07. The molecule has 0 bridgehead atoms. The van der Waals surface area contributed by atoms with Crippen LogP contribution in [0.2, 0.25) is 0 Å². The first kappa shape index (κ1) is 14.0. The quantitative estimate of drug-likeness (QED) is 0.834. The van der Waals surface area contributed by atoms with Crippen LogP contribution in [-0.2, 0) is 9.84 Å². The molecule has 0 aromatic heterocycles. The van der Waals surface area contributed by atoms with Crippen LogP contribution in [0, 0.1) is 0 Å². The molecule has 1 N–H and O–H groups in total. The summed E-state index contributed by atoms with van der Waals surface area (Å²) in [6.07, 6.45) is 0.700. The molecule has 0 aliphatic rings. The van der Waals surface area contributed by atoms with Gasteiger partial charge in [0.15, 0.2) is 9.84 Å². The molecule has 0 spiro atoms. The third kappa shape index (κ3) is 3.71. The van der Waals surface area contributed by atoms with Gasteiger partial charge in [0.1, 0.15) is 0 Å². The van der Waals surface area contributed by atoms with Crippen molar-refractivity contribution < 1.29 is 13.5 Å². The highest BCUT2D eigenvalue weighted by Gasteiger charge is 2.11. The number of hydrogen-bond acceptors (Lipinski definition) is 4. The van der Waals surface area contributed by atoms with E-state index in [2.05, 4.69) is 0 Å². The highest BCUT2D eigenvalue weighted by atomic mass is 32.2. The van der Waals surface area contributed by atoms with Gasteiger partial charge in [-0.1, -0.05) is 6.92 Å². The third-order valence-electron chi connectivity index (χ3n) is 2.67. The molecule has 1 rings (SSSR count). The van der Waals surface area contributed by atoms with Gasteiger partial charge in [-0.15, -0.1) is 0 Å². The minimum atomic E-state index is -3.12. The first-order valence-electron chi connectivity index (χ1n) is 5.66. The molecule has 0 aliphatic heterocycles. The van der Waals surface area contributed by atoms with Crippen molar-refractivity contribution in [2.45, 2.75) is 18.2 Å². The van der Waals surface area contributed by atoms with Crippen LogP contribution in [0.3, 0.4) is 0 Å². The summed E-state index contributed by atoms with van der Waals surface area (Å²) >= 11 is 0. The molecule has 0 fully saturated rings. The van der Waals surface area contributed by atoms with Crippen LogP contribution >= 0.6 is 0 Å². The summed E-state index contributed by atoms with van der Waals surface area (Å²) in [5.41, 5.74) is 0.952. The summed E-state index contributed by atoms with van der Waals surface area (Å²) in [5.74, 6) is 0.118. The maximum Gasteiger partial charge on any atom is 0.178 e. The Morgan fingerprint density at radius 1 is 1.24 bits per heavy atom. The maximum atomic E-state index is 11.6. The zero-order chi connectivity index (χ0) is 12.9. The van der Waals surface area contributed by atoms with E-state index in [1.165, 1.54) is 0 Å². The van der Waals surface area contributed by atoms with Crippen molar-refractivity contribution in [3.63, 3.8) is 0 Å². The van der Waals surface area contributed by atoms with E-state index < -0.39 is 9.84 Å². The van der Waals surface area contributed by atoms with E-state index in [1.54, 1.807) is 31.2 Å². The number of aliphatic hydroxyl groups excluding tert-OH is 1. The number of hydrogen-bond donors (Lipinski definition) is 1. The van der Waals surface area contributed by atoms with Gasteiger partial charge in [-0.05, 0) is 30.7 Å². The molecule has 17 heavy (non-hydrogen) atoms. The van der Waals surface area contributed by atoms with Gasteiger partial charge < -0.3 is 10.0 Å². The number of nitrogens with zero attached hydrogens (tertiary/aromatic N) is 1. The minimum absolute atomic E-state index is 0.118. The summed E-state index contributed by atoms with van der Waals surface area (Å²) < 4.78 is 23.2. The van der Waals surface area contributed by atoms with E-state index in [0.29, 0.717) is 11.3 Å². The van der Waals surface area contributed by atoms with Gasteiger partial charge in [0.25, 0.3) is 0 Å². The van der Waals surface area contributed by atoms with Crippen LogP contribution in [0.4, 0.5) is 5.69 Å². The Balaban J connectivity index is 2.81. The average Bonchev–Trinajstić information content (AvgIpc) is 2.36. The first-order chi connectivity index (χ1) is 8.01. The fourth-order valence-corrected chi connectivity index (χ4v) is 2.40. The molecule has 0 radical (unpaired) electrons. The van der Waals surface area contributed by atoms with E-state index in [0.717, 1.165) is 12.2 Å². The molecule has 0 heterocycles. The summed E-state index contributed by atoms with van der Waals surface area (Å²) in [6, 6.07) is 6.84. The molecule has 96 valence electrons. The van der Waals surface area contributed by atoms with Crippen LogP contribution in [0.5, 0.6) is 0 Å². The van der Waals surface area contributed by atoms with Crippen molar-refractivity contribution in [3.8, 4) is 0 Å². The predicted octanol–water partition coefficient (Wildman–Crippen LogP) is 1.30. The zero-order valence-electron chi connectivity index (χ0n) is 10.3. The van der Waals surface area contributed by atoms with Crippen molar-refractivity contribution in [2.24, 2.45) is 0 Å². The van der Waals surface area contributed by atoms with E-state index in [1.807, 2.05) is 11.9 Å². The molecule has 0 unspecified atom stereocenters. The van der Waals surface area contributed by atoms with Crippen molar-refractivity contribution >= 4 is 15.5 Å². The van der Waals surface area contributed by atoms with Crippen molar-refractivity contribution in [3.05, 3.63) is 24.3 Å². The average molecular weight is 257 g/mol. The van der Waals surface area contributed by atoms with E-state index in [-0.39, 0.29) is 12.4 Å². The van der Waals surface area contributed by atoms with E-state index in [4.69, 9.17) is 5.11 Å². The van der Waals surface area contributed by atoms with Crippen molar-refractivity contribution in [2.75, 3.05) is 30.9 Å². The normalized spacial score (nSPS) is 11.5. The molecule has 0 saturated heterocycles. The molecule has 1 aromatic rings. The van der Waals surface area contributed by atoms with Crippen molar-refractivity contribution in [1.82, 2.24) is 0 Å². The second-order valence-electron chi connectivity index (χ2n) is 3.90. The SMILES string of the molecule is CCS(=O)(=O)c1ccc(N(C)CCCO)cc1. The van der Waals surface area contributed by atoms with Gasteiger partial charge in [-0.25, -0.2) is 8.42 Å². The smallest absolute Gasteiger partial charge is 0.178 e. The molecule has 1 aromatic carbocycles. The lowest BCUT2D eigenvalue weighted by molar-refractivity contribution is 0.290. The molecule has 0 aliphatic carbocycles. The van der Waals surface area contributed by atoms with Crippen LogP contribution in [-0.4, -0.2) is 39.5 Å². The van der Waals surface area contributed by atoms with E-state index in [9.17, 15) is 8.42 Å². The van der Waals surface area contributed by atoms with Gasteiger partial charge in [0.05, 0.1) is 10.6 Å². The number of aliphatic hydroxyl groups is 1. The number of anilines is 1. The molecular formula is C12H19NO3S. The van der Waals surface area contributed by atoms with Gasteiger partial charge >= 0.3 is 0 Å². The van der Waals surface area contributed by atoms with Crippen LogP contribution in [0.15, 0.2) is 29.2 Å². The lowest BCUT2D eigenvalue weighted by Gasteiger charge is -2.18. The second-order valence-corrected chi connectivity index (χ2v) is 6.17. The molecule has 0 atom stereocenters. The highest BCUT2D eigenvalue weighted by molar-refractivity contribution is 7.91. The molecule has 0 saturated carbocycles. The standard InChI is InChI=1S/C12H19NO3S/c1-3-17(15,16)12-7-5-11(6-8-12)13(2)9-4-10-14/h5-8,14H,3-4,9-10H2,1-2H3. The second kappa shape index (κ2) is 6.02. The first-order valence-corrected chi connectivity index (χ1v) is 7.31. The van der Waals surface area contributed by atoms with Gasteiger partial charge in [0, 0.05) is 25.9 Å². The predicted molar refractivity (Wildman–Crippen MR) is 69.1 cm³/mol. The van der Waals surface area contributed by atoms with Crippen molar-refractivity contribution in [1.29, 1.82) is 0 Å². The zero-order valence-corrected chi connectivity index (χ0v) is 11.1. The minimum Gasteiger partial charge on any atom is -0.396 e. The lowest BCUT2D eigenvalue weighted by atomic mass is 10.3. The van der Waals surface area contributed by atoms with Gasteiger partial charge in [0.2, 0.25) is 0 Å². The van der Waals surface area contributed by atoms with Crippen LogP contribution in [0.1, 0.15) is 13.3 Å². The summed E-state index contributed by atoms with van der Waals surface area (Å²) in [5, 5.41) is 8.74. The van der Waals surface area contributed by atoms with Crippen LogP contribution in [0.25, 0.3) is 0 Å². The maximum absolute atomic E-state index is 11.6. The monoisotopic (exact) mass is 257 g/mol. The summed E-state index contributed by atoms with van der Waals surface area (Å²) in [7, 11) is -1.20. The fourth-order valence-electron chi connectivity index (χ4n) is 1.51. The van der Waals surface area contributed by atoms with Gasteiger partial charge in [-0.3, -0.25) is 0 Å². The third-order valence-corrected chi connectivity index (χ3v) is 4.42. The van der Waals surface area contributed by atoms with Gasteiger partial charge in [-0.2, -0.15) is 0 Å². The Kier molecular flexibility index (Phi) is 4.96. The Morgan fingerprint density at radius 2 is 1.82 bits per heavy atom. The summed E-state index contributed by atoms with van der Waals surface area (Å²) in [4.78, 5) is 2.35. The highest BCUT2D eigenvalue weighted by Crippen LogP contribution is 2.17. The molecular weight excluding hydrogens is 238 g/mol. The number of benzene rings is 1. The Labute approximate surface area is 103 Å². The lowest BCUT2D eigenvalue weighted by Crippen LogP contribution is -2.19. The molecule has 5 heteroatoms. The largest absolute Gasteiger partial charge is 0.396 e. The summed E-state index contributed by atoms with van der Waals surface area (Å²) in [6.45, 7) is 2.54. The topological polar surface area (TPSA) is 57.6 Å². The molecule has 4 nitrogen and oxygen atoms in total. The fraction of sp³-hybridized carbons (Fsp3) is 0.500.